The van der Waals surface area contributed by atoms with Crippen molar-refractivity contribution in [2.75, 3.05) is 6.61 Å². The number of rotatable bonds is 4. The highest BCUT2D eigenvalue weighted by Crippen LogP contribution is 2.40. The summed E-state index contributed by atoms with van der Waals surface area (Å²) in [4.78, 5) is 12.2. The number of carbonyl (C=O) groups is 1. The standard InChI is InChI=1S/C17H24F2O6S/c1-15(2,3)11-7-10(8-12(13(11)20)16(4,5)6)14(21)25-9-17(18,19)26(22,23)24/h7-8,20H,9H2,1-6H3,(H,22,23,24). The Morgan fingerprint density at radius 3 is 1.73 bits per heavy atom. The number of aromatic hydroxyl groups is 1. The molecule has 0 saturated heterocycles. The molecule has 0 aliphatic heterocycles. The van der Waals surface area contributed by atoms with Crippen LogP contribution in [-0.4, -0.2) is 35.9 Å². The number of halogens is 2. The van der Waals surface area contributed by atoms with Crippen molar-refractivity contribution in [1.29, 1.82) is 0 Å². The van der Waals surface area contributed by atoms with Crippen LogP contribution in [0.3, 0.4) is 0 Å². The maximum Gasteiger partial charge on any atom is 0.402 e. The second-order valence-electron chi connectivity index (χ2n) is 8.11. The van der Waals surface area contributed by atoms with Crippen molar-refractivity contribution in [2.45, 2.75) is 57.6 Å². The van der Waals surface area contributed by atoms with Gasteiger partial charge in [-0.3, -0.25) is 4.55 Å². The lowest BCUT2D eigenvalue weighted by molar-refractivity contribution is -0.00952. The van der Waals surface area contributed by atoms with Gasteiger partial charge in [-0.15, -0.1) is 0 Å². The van der Waals surface area contributed by atoms with Gasteiger partial charge in [-0.2, -0.15) is 17.2 Å². The van der Waals surface area contributed by atoms with Crippen LogP contribution in [0.1, 0.15) is 63.0 Å². The molecule has 6 nitrogen and oxygen atoms in total. The zero-order valence-corrected chi connectivity index (χ0v) is 16.4. The molecule has 0 atom stereocenters. The van der Waals surface area contributed by atoms with Gasteiger partial charge in [-0.1, -0.05) is 41.5 Å². The third-order valence-corrected chi connectivity index (χ3v) is 4.58. The van der Waals surface area contributed by atoms with Crippen LogP contribution in [0.5, 0.6) is 5.75 Å². The van der Waals surface area contributed by atoms with E-state index in [1.54, 1.807) is 41.5 Å². The predicted octanol–water partition coefficient (Wildman–Crippen LogP) is 3.62. The van der Waals surface area contributed by atoms with E-state index in [0.717, 1.165) is 0 Å². The Hall–Kier alpha value is -1.74. The van der Waals surface area contributed by atoms with Crippen molar-refractivity contribution < 1.29 is 36.4 Å². The van der Waals surface area contributed by atoms with Gasteiger partial charge in [0.25, 0.3) is 0 Å². The summed E-state index contributed by atoms with van der Waals surface area (Å²) < 4.78 is 60.6. The van der Waals surface area contributed by atoms with Gasteiger partial charge in [0.15, 0.2) is 6.61 Å². The summed E-state index contributed by atoms with van der Waals surface area (Å²) >= 11 is 0. The molecule has 0 heterocycles. The fourth-order valence-corrected chi connectivity index (χ4v) is 2.41. The Labute approximate surface area is 151 Å². The Kier molecular flexibility index (Phi) is 5.81. The largest absolute Gasteiger partial charge is 0.507 e. The molecule has 0 saturated carbocycles. The molecule has 0 fully saturated rings. The first kappa shape index (κ1) is 22.3. The Bertz CT molecular complexity index is 767. The Balaban J connectivity index is 3.34. The molecule has 148 valence electrons. The first-order valence-corrected chi connectivity index (χ1v) is 9.22. The summed E-state index contributed by atoms with van der Waals surface area (Å²) in [6.07, 6.45) is 0. The summed E-state index contributed by atoms with van der Waals surface area (Å²) in [6.45, 7) is 8.99. The van der Waals surface area contributed by atoms with Gasteiger partial charge in [0.2, 0.25) is 0 Å². The molecule has 0 aliphatic carbocycles. The minimum atomic E-state index is -5.70. The van der Waals surface area contributed by atoms with Crippen molar-refractivity contribution in [2.24, 2.45) is 0 Å². The van der Waals surface area contributed by atoms with Gasteiger partial charge in [-0.25, -0.2) is 4.79 Å². The number of esters is 1. The molecule has 26 heavy (non-hydrogen) atoms. The third kappa shape index (κ3) is 4.91. The van der Waals surface area contributed by atoms with E-state index in [1.165, 1.54) is 12.1 Å². The number of hydrogen-bond acceptors (Lipinski definition) is 5. The molecular weight excluding hydrogens is 370 g/mol. The molecule has 0 bridgehead atoms. The summed E-state index contributed by atoms with van der Waals surface area (Å²) in [5.74, 6) is -1.20. The number of phenolic OH excluding ortho intramolecular Hbond substituents is 1. The second-order valence-corrected chi connectivity index (χ2v) is 9.66. The van der Waals surface area contributed by atoms with Gasteiger partial charge in [0, 0.05) is 11.1 Å². The van der Waals surface area contributed by atoms with Crippen LogP contribution < -0.4 is 0 Å². The number of benzene rings is 1. The summed E-state index contributed by atoms with van der Waals surface area (Å²) in [5, 5.41) is 5.94. The first-order chi connectivity index (χ1) is 11.4. The zero-order chi connectivity index (χ0) is 20.7. The molecule has 0 aromatic heterocycles. The van der Waals surface area contributed by atoms with Crippen LogP contribution in [0, 0.1) is 0 Å². The minimum Gasteiger partial charge on any atom is -0.507 e. The van der Waals surface area contributed by atoms with Crippen LogP contribution in [0.15, 0.2) is 12.1 Å². The lowest BCUT2D eigenvalue weighted by atomic mass is 9.78. The molecule has 1 aromatic carbocycles. The quantitative estimate of drug-likeness (QED) is 0.597. The third-order valence-electron chi connectivity index (χ3n) is 3.71. The number of alkyl halides is 2. The molecule has 9 heteroatoms. The molecule has 2 N–H and O–H groups in total. The molecule has 0 amide bonds. The van der Waals surface area contributed by atoms with Crippen LogP contribution >= 0.6 is 0 Å². The highest BCUT2D eigenvalue weighted by Gasteiger charge is 2.45. The number of phenols is 1. The average Bonchev–Trinajstić information content (AvgIpc) is 2.41. The molecule has 1 rings (SSSR count). The van der Waals surface area contributed by atoms with Crippen LogP contribution in [-0.2, 0) is 25.7 Å². The maximum absolute atomic E-state index is 13.3. The first-order valence-electron chi connectivity index (χ1n) is 7.78. The van der Waals surface area contributed by atoms with E-state index in [4.69, 9.17) is 4.55 Å². The van der Waals surface area contributed by atoms with E-state index in [0.29, 0.717) is 11.1 Å². The van der Waals surface area contributed by atoms with Crippen LogP contribution in [0.25, 0.3) is 0 Å². The fourth-order valence-electron chi connectivity index (χ4n) is 2.20. The van der Waals surface area contributed by atoms with Gasteiger partial charge in [0.1, 0.15) is 5.75 Å². The Morgan fingerprint density at radius 2 is 1.42 bits per heavy atom. The van der Waals surface area contributed by atoms with Gasteiger partial charge >= 0.3 is 21.3 Å². The summed E-state index contributed by atoms with van der Waals surface area (Å²) in [6, 6.07) is 2.64. The van der Waals surface area contributed by atoms with E-state index in [1.807, 2.05) is 0 Å². The number of hydrogen-bond donors (Lipinski definition) is 2. The predicted molar refractivity (Wildman–Crippen MR) is 92.3 cm³/mol. The monoisotopic (exact) mass is 394 g/mol. The number of carbonyl (C=O) groups excluding carboxylic acids is 1. The lowest BCUT2D eigenvalue weighted by Crippen LogP contribution is -2.34. The molecule has 1 aromatic rings. The molecule has 0 radical (unpaired) electrons. The van der Waals surface area contributed by atoms with E-state index >= 15 is 0 Å². The van der Waals surface area contributed by atoms with E-state index < -0.39 is 38.8 Å². The SMILES string of the molecule is CC(C)(C)c1cc(C(=O)OCC(F)(F)S(=O)(=O)O)cc(C(C)(C)C)c1O. The zero-order valence-electron chi connectivity index (χ0n) is 15.6. The van der Waals surface area contributed by atoms with Crippen LogP contribution in [0.2, 0.25) is 0 Å². The maximum atomic E-state index is 13.3. The smallest absolute Gasteiger partial charge is 0.402 e. The second kappa shape index (κ2) is 6.77. The highest BCUT2D eigenvalue weighted by molar-refractivity contribution is 7.86. The number of ether oxygens (including phenoxy) is 1. The van der Waals surface area contributed by atoms with Crippen molar-refractivity contribution in [3.8, 4) is 5.75 Å². The molecule has 0 spiro atoms. The Morgan fingerprint density at radius 1 is 1.04 bits per heavy atom. The highest BCUT2D eigenvalue weighted by atomic mass is 32.2. The average molecular weight is 394 g/mol. The van der Waals surface area contributed by atoms with Gasteiger partial charge in [0.05, 0.1) is 5.56 Å². The molecule has 0 aliphatic rings. The fraction of sp³-hybridized carbons (Fsp3) is 0.588. The summed E-state index contributed by atoms with van der Waals surface area (Å²) in [5.41, 5.74) is -0.391. The van der Waals surface area contributed by atoms with Crippen molar-refractivity contribution in [3.63, 3.8) is 0 Å². The topological polar surface area (TPSA) is 101 Å². The van der Waals surface area contributed by atoms with Crippen molar-refractivity contribution >= 4 is 16.1 Å². The minimum absolute atomic E-state index is 0.00943. The van der Waals surface area contributed by atoms with Gasteiger partial charge < -0.3 is 9.84 Å². The van der Waals surface area contributed by atoms with Crippen molar-refractivity contribution in [1.82, 2.24) is 0 Å². The van der Waals surface area contributed by atoms with Crippen LogP contribution in [0.4, 0.5) is 8.78 Å². The molecular formula is C17H24F2O6S. The van der Waals surface area contributed by atoms with Crippen molar-refractivity contribution in [3.05, 3.63) is 28.8 Å². The van der Waals surface area contributed by atoms with E-state index in [9.17, 15) is 27.1 Å². The van der Waals surface area contributed by atoms with E-state index in [-0.39, 0.29) is 11.3 Å². The molecule has 0 unspecified atom stereocenters. The normalized spacial score (nSPS) is 13.6. The van der Waals surface area contributed by atoms with Gasteiger partial charge in [-0.05, 0) is 23.0 Å². The summed E-state index contributed by atoms with van der Waals surface area (Å²) in [7, 11) is -5.70. The lowest BCUT2D eigenvalue weighted by Gasteiger charge is -2.28. The van der Waals surface area contributed by atoms with E-state index in [2.05, 4.69) is 4.74 Å².